The minimum atomic E-state index is 0. The molecule has 94 valence electrons. The fourth-order valence-electron chi connectivity index (χ4n) is 1.43. The smallest absolute Gasteiger partial charge is 0.0409 e. The zero-order valence-corrected chi connectivity index (χ0v) is 11.7. The van der Waals surface area contributed by atoms with Crippen molar-refractivity contribution in [1.29, 1.82) is 0 Å². The number of rotatable bonds is 5. The van der Waals surface area contributed by atoms with Crippen LogP contribution in [0.1, 0.15) is 12.5 Å². The summed E-state index contributed by atoms with van der Waals surface area (Å²) in [4.78, 5) is 2.30. The Bertz CT molecular complexity index is 282. The van der Waals surface area contributed by atoms with Crippen LogP contribution in [-0.4, -0.2) is 24.5 Å². The Morgan fingerprint density at radius 2 is 2.00 bits per heavy atom. The van der Waals surface area contributed by atoms with Crippen molar-refractivity contribution >= 4 is 36.4 Å². The first-order valence-electron chi connectivity index (χ1n) is 4.93. The fraction of sp³-hybridized carbons (Fsp3) is 0.455. The van der Waals surface area contributed by atoms with E-state index < -0.39 is 0 Å². The van der Waals surface area contributed by atoms with Crippen molar-refractivity contribution in [3.05, 3.63) is 34.9 Å². The van der Waals surface area contributed by atoms with Gasteiger partial charge in [0.2, 0.25) is 0 Å². The van der Waals surface area contributed by atoms with E-state index in [0.717, 1.165) is 24.7 Å². The summed E-state index contributed by atoms with van der Waals surface area (Å²) in [5.41, 5.74) is 6.76. The number of hydrogen-bond acceptors (Lipinski definition) is 2. The molecule has 0 saturated carbocycles. The molecule has 2 nitrogen and oxygen atoms in total. The second kappa shape index (κ2) is 10.2. The third-order valence-corrected chi connectivity index (χ3v) is 2.42. The van der Waals surface area contributed by atoms with E-state index in [9.17, 15) is 0 Å². The standard InChI is InChI=1S/C11H17ClN2.2ClH/c1-2-14(7-6-13)9-10-4-3-5-11(12)8-10;;/h3-5,8H,2,6-7,9,13H2,1H3;2*1H. The molecule has 1 aromatic rings. The van der Waals surface area contributed by atoms with Crippen molar-refractivity contribution in [3.63, 3.8) is 0 Å². The number of benzene rings is 1. The number of halogens is 3. The molecule has 0 unspecified atom stereocenters. The van der Waals surface area contributed by atoms with Gasteiger partial charge in [-0.2, -0.15) is 0 Å². The van der Waals surface area contributed by atoms with Gasteiger partial charge in [-0.05, 0) is 24.2 Å². The van der Waals surface area contributed by atoms with Crippen LogP contribution in [-0.2, 0) is 6.54 Å². The molecule has 0 aromatic heterocycles. The van der Waals surface area contributed by atoms with Gasteiger partial charge in [-0.25, -0.2) is 0 Å². The molecule has 0 aliphatic heterocycles. The average Bonchev–Trinajstić information content (AvgIpc) is 2.17. The van der Waals surface area contributed by atoms with Crippen LogP contribution in [0.3, 0.4) is 0 Å². The van der Waals surface area contributed by atoms with Crippen LogP contribution < -0.4 is 5.73 Å². The summed E-state index contributed by atoms with van der Waals surface area (Å²) in [5, 5.41) is 0.798. The van der Waals surface area contributed by atoms with Crippen LogP contribution in [0.4, 0.5) is 0 Å². The molecule has 5 heteroatoms. The van der Waals surface area contributed by atoms with Crippen LogP contribution in [0.25, 0.3) is 0 Å². The fourth-order valence-corrected chi connectivity index (χ4v) is 1.64. The largest absolute Gasteiger partial charge is 0.329 e. The maximum absolute atomic E-state index is 5.91. The Morgan fingerprint density at radius 1 is 1.31 bits per heavy atom. The van der Waals surface area contributed by atoms with E-state index in [2.05, 4.69) is 17.9 Å². The van der Waals surface area contributed by atoms with Gasteiger partial charge < -0.3 is 5.73 Å². The molecule has 0 amide bonds. The summed E-state index contributed by atoms with van der Waals surface area (Å²) in [6.45, 7) is 5.72. The van der Waals surface area contributed by atoms with Gasteiger partial charge in [0, 0.05) is 24.7 Å². The monoisotopic (exact) mass is 284 g/mol. The SMILES string of the molecule is CCN(CCN)Cc1cccc(Cl)c1.Cl.Cl. The number of hydrogen-bond donors (Lipinski definition) is 1. The van der Waals surface area contributed by atoms with Crippen LogP contribution in [0.5, 0.6) is 0 Å². The summed E-state index contributed by atoms with van der Waals surface area (Å²) in [7, 11) is 0. The van der Waals surface area contributed by atoms with Crippen LogP contribution in [0.15, 0.2) is 24.3 Å². The normalized spacial score (nSPS) is 9.50. The zero-order valence-electron chi connectivity index (χ0n) is 9.36. The Labute approximate surface area is 115 Å². The van der Waals surface area contributed by atoms with Crippen molar-refractivity contribution < 1.29 is 0 Å². The van der Waals surface area contributed by atoms with Gasteiger partial charge in [0.1, 0.15) is 0 Å². The molecule has 0 radical (unpaired) electrons. The summed E-state index contributed by atoms with van der Waals surface area (Å²) < 4.78 is 0. The van der Waals surface area contributed by atoms with E-state index in [1.165, 1.54) is 5.56 Å². The number of nitrogens with two attached hydrogens (primary N) is 1. The lowest BCUT2D eigenvalue weighted by molar-refractivity contribution is 0.288. The lowest BCUT2D eigenvalue weighted by Crippen LogP contribution is -2.28. The van der Waals surface area contributed by atoms with Crippen LogP contribution >= 0.6 is 36.4 Å². The van der Waals surface area contributed by atoms with E-state index >= 15 is 0 Å². The zero-order chi connectivity index (χ0) is 10.4. The molecule has 0 saturated heterocycles. The summed E-state index contributed by atoms with van der Waals surface area (Å²) in [5.74, 6) is 0. The third-order valence-electron chi connectivity index (χ3n) is 2.19. The number of nitrogens with zero attached hydrogens (tertiary/aromatic N) is 1. The molecule has 2 N–H and O–H groups in total. The molecular formula is C11H19Cl3N2. The van der Waals surface area contributed by atoms with Crippen molar-refractivity contribution in [2.75, 3.05) is 19.6 Å². The molecule has 1 rings (SSSR count). The quantitative estimate of drug-likeness (QED) is 0.901. The molecule has 0 bridgehead atoms. The second-order valence-corrected chi connectivity index (χ2v) is 3.72. The molecular weight excluding hydrogens is 266 g/mol. The Kier molecular flexibility index (Phi) is 11.7. The summed E-state index contributed by atoms with van der Waals surface area (Å²) in [6, 6.07) is 7.96. The first-order chi connectivity index (χ1) is 6.76. The summed E-state index contributed by atoms with van der Waals surface area (Å²) in [6.07, 6.45) is 0. The molecule has 1 aromatic carbocycles. The van der Waals surface area contributed by atoms with Gasteiger partial charge in [0.05, 0.1) is 0 Å². The van der Waals surface area contributed by atoms with E-state index in [1.54, 1.807) is 0 Å². The molecule has 0 aliphatic carbocycles. The Balaban J connectivity index is 0. The minimum absolute atomic E-state index is 0. The van der Waals surface area contributed by atoms with Crippen LogP contribution in [0.2, 0.25) is 5.02 Å². The minimum Gasteiger partial charge on any atom is -0.329 e. The predicted octanol–water partition coefficient (Wildman–Crippen LogP) is 2.96. The second-order valence-electron chi connectivity index (χ2n) is 3.29. The van der Waals surface area contributed by atoms with E-state index in [4.69, 9.17) is 17.3 Å². The topological polar surface area (TPSA) is 29.3 Å². The van der Waals surface area contributed by atoms with Crippen LogP contribution in [0, 0.1) is 0 Å². The van der Waals surface area contributed by atoms with Gasteiger partial charge in [-0.3, -0.25) is 4.90 Å². The van der Waals surface area contributed by atoms with Crippen molar-refractivity contribution in [1.82, 2.24) is 4.90 Å². The molecule has 16 heavy (non-hydrogen) atoms. The van der Waals surface area contributed by atoms with Gasteiger partial charge in [-0.1, -0.05) is 30.7 Å². The first kappa shape index (κ1) is 18.4. The first-order valence-corrected chi connectivity index (χ1v) is 5.31. The summed E-state index contributed by atoms with van der Waals surface area (Å²) >= 11 is 5.91. The Hall–Kier alpha value is 0.01000. The van der Waals surface area contributed by atoms with E-state index in [-0.39, 0.29) is 24.8 Å². The predicted molar refractivity (Wildman–Crippen MR) is 76.0 cm³/mol. The van der Waals surface area contributed by atoms with Gasteiger partial charge in [-0.15, -0.1) is 24.8 Å². The molecule has 0 aliphatic rings. The molecule has 0 spiro atoms. The Morgan fingerprint density at radius 3 is 2.50 bits per heavy atom. The van der Waals surface area contributed by atoms with Gasteiger partial charge in [0.25, 0.3) is 0 Å². The van der Waals surface area contributed by atoms with E-state index in [1.807, 2.05) is 18.2 Å². The highest BCUT2D eigenvalue weighted by atomic mass is 35.5. The highest BCUT2D eigenvalue weighted by molar-refractivity contribution is 6.30. The highest BCUT2D eigenvalue weighted by Crippen LogP contribution is 2.12. The average molecular weight is 286 g/mol. The van der Waals surface area contributed by atoms with Crippen molar-refractivity contribution in [2.45, 2.75) is 13.5 Å². The molecule has 0 heterocycles. The van der Waals surface area contributed by atoms with Gasteiger partial charge in [0.15, 0.2) is 0 Å². The van der Waals surface area contributed by atoms with Crippen molar-refractivity contribution in [2.24, 2.45) is 5.73 Å². The highest BCUT2D eigenvalue weighted by Gasteiger charge is 2.02. The maximum Gasteiger partial charge on any atom is 0.0409 e. The van der Waals surface area contributed by atoms with Crippen molar-refractivity contribution in [3.8, 4) is 0 Å². The lowest BCUT2D eigenvalue weighted by atomic mass is 10.2. The lowest BCUT2D eigenvalue weighted by Gasteiger charge is -2.19. The van der Waals surface area contributed by atoms with Gasteiger partial charge >= 0.3 is 0 Å². The number of likely N-dealkylation sites (N-methyl/N-ethyl adjacent to an activating group) is 1. The molecule has 0 fully saturated rings. The maximum atomic E-state index is 5.91. The van der Waals surface area contributed by atoms with E-state index in [0.29, 0.717) is 6.54 Å². The third kappa shape index (κ3) is 6.56. The molecule has 0 atom stereocenters.